The van der Waals surface area contributed by atoms with E-state index in [9.17, 15) is 0 Å². The van der Waals surface area contributed by atoms with Crippen LogP contribution in [0.3, 0.4) is 0 Å². The molecule has 1 heterocycles. The van der Waals surface area contributed by atoms with Crippen molar-refractivity contribution in [3.63, 3.8) is 0 Å². The number of aromatic nitrogens is 2. The molecule has 4 nitrogen and oxygen atoms in total. The summed E-state index contributed by atoms with van der Waals surface area (Å²) in [7, 11) is 0. The topological polar surface area (TPSA) is 39.4 Å². The minimum absolute atomic E-state index is 0.335. The molecule has 0 amide bonds. The van der Waals surface area contributed by atoms with Gasteiger partial charge in [0.25, 0.3) is 0 Å². The molecule has 0 aliphatic heterocycles. The molecule has 0 aliphatic rings. The third-order valence-corrected chi connectivity index (χ3v) is 4.86. The Morgan fingerprint density at radius 2 is 1.59 bits per heavy atom. The van der Waals surface area contributed by atoms with E-state index < -0.39 is 0 Å². The van der Waals surface area contributed by atoms with Crippen LogP contribution in [0.25, 0.3) is 5.69 Å². The number of oxime groups is 1. The van der Waals surface area contributed by atoms with E-state index in [0.29, 0.717) is 22.4 Å². The van der Waals surface area contributed by atoms with Crippen molar-refractivity contribution >= 4 is 28.9 Å². The van der Waals surface area contributed by atoms with Gasteiger partial charge >= 0.3 is 0 Å². The zero-order chi connectivity index (χ0) is 20.1. The van der Waals surface area contributed by atoms with E-state index in [1.807, 2.05) is 83.6 Å². The van der Waals surface area contributed by atoms with E-state index in [0.717, 1.165) is 22.4 Å². The monoisotopic (exact) mass is 421 g/mol. The van der Waals surface area contributed by atoms with Crippen molar-refractivity contribution in [3.05, 3.63) is 118 Å². The Balaban J connectivity index is 1.71. The third-order valence-electron chi connectivity index (χ3n) is 4.36. The van der Waals surface area contributed by atoms with Gasteiger partial charge in [0.15, 0.2) is 0 Å². The van der Waals surface area contributed by atoms with Crippen LogP contribution < -0.4 is 0 Å². The first kappa shape index (κ1) is 19.2. The number of benzene rings is 3. The lowest BCUT2D eigenvalue weighted by atomic mass is 10.0. The molecule has 0 atom stereocenters. The maximum absolute atomic E-state index is 6.08. The lowest BCUT2D eigenvalue weighted by Crippen LogP contribution is -2.09. The van der Waals surface area contributed by atoms with Gasteiger partial charge in [0, 0.05) is 33.6 Å². The highest BCUT2D eigenvalue weighted by Crippen LogP contribution is 2.21. The zero-order valence-electron chi connectivity index (χ0n) is 15.4. The summed E-state index contributed by atoms with van der Waals surface area (Å²) >= 11 is 12.0. The average Bonchev–Trinajstić information content (AvgIpc) is 3.28. The van der Waals surface area contributed by atoms with Crippen LogP contribution in [0.5, 0.6) is 0 Å². The van der Waals surface area contributed by atoms with Crippen LogP contribution in [0.2, 0.25) is 10.0 Å². The van der Waals surface area contributed by atoms with E-state index in [4.69, 9.17) is 28.0 Å². The van der Waals surface area contributed by atoms with Crippen LogP contribution in [-0.2, 0) is 11.4 Å². The molecule has 1 aromatic heterocycles. The van der Waals surface area contributed by atoms with Crippen molar-refractivity contribution in [3.8, 4) is 5.69 Å². The van der Waals surface area contributed by atoms with Crippen molar-refractivity contribution in [2.75, 3.05) is 0 Å². The Hall–Kier alpha value is -3.08. The predicted molar refractivity (Wildman–Crippen MR) is 117 cm³/mol. The average molecular weight is 422 g/mol. The van der Waals surface area contributed by atoms with Crippen LogP contribution in [0.15, 0.2) is 96.7 Å². The van der Waals surface area contributed by atoms with Gasteiger partial charge in [-0.15, -0.1) is 0 Å². The third kappa shape index (κ3) is 4.67. The van der Waals surface area contributed by atoms with Crippen LogP contribution in [0, 0.1) is 0 Å². The van der Waals surface area contributed by atoms with E-state index in [2.05, 4.69) is 10.1 Å². The SMILES string of the molecule is Clc1ccc(CO/N=C(/c2ccc(Cl)cc2)c2ccccc2-n2ccnc2)cc1. The molecule has 3 aromatic carbocycles. The van der Waals surface area contributed by atoms with E-state index in [1.165, 1.54) is 0 Å². The van der Waals surface area contributed by atoms with Crippen LogP contribution in [0.1, 0.15) is 16.7 Å². The summed E-state index contributed by atoms with van der Waals surface area (Å²) in [6, 6.07) is 23.0. The number of nitrogens with zero attached hydrogens (tertiary/aromatic N) is 3. The first-order chi connectivity index (χ1) is 14.2. The number of halogens is 2. The van der Waals surface area contributed by atoms with Gasteiger partial charge in [0.1, 0.15) is 12.3 Å². The Bertz CT molecular complexity index is 1110. The number of hydrogen-bond acceptors (Lipinski definition) is 3. The van der Waals surface area contributed by atoms with Crippen molar-refractivity contribution in [1.82, 2.24) is 9.55 Å². The standard InChI is InChI=1S/C23H17Cl2N3O/c24-19-9-5-17(6-10-19)15-29-27-23(18-7-11-20(25)12-8-18)21-3-1-2-4-22(21)28-14-13-26-16-28/h1-14,16H,15H2/b27-23-. The van der Waals surface area contributed by atoms with Crippen molar-refractivity contribution in [2.45, 2.75) is 6.61 Å². The molecule has 0 bridgehead atoms. The van der Waals surface area contributed by atoms with Crippen LogP contribution in [0.4, 0.5) is 0 Å². The van der Waals surface area contributed by atoms with Gasteiger partial charge in [0.05, 0.1) is 12.0 Å². The second kappa shape index (κ2) is 8.95. The number of hydrogen-bond donors (Lipinski definition) is 0. The molecule has 6 heteroatoms. The minimum Gasteiger partial charge on any atom is -0.390 e. The van der Waals surface area contributed by atoms with Crippen molar-refractivity contribution < 1.29 is 4.84 Å². The highest BCUT2D eigenvalue weighted by molar-refractivity contribution is 6.31. The first-order valence-corrected chi connectivity index (χ1v) is 9.74. The normalized spacial score (nSPS) is 11.4. The molecular weight excluding hydrogens is 405 g/mol. The van der Waals surface area contributed by atoms with Gasteiger partial charge in [-0.05, 0) is 35.9 Å². The molecule has 144 valence electrons. The maximum atomic E-state index is 6.08. The molecule has 0 radical (unpaired) electrons. The lowest BCUT2D eigenvalue weighted by molar-refractivity contribution is 0.131. The van der Waals surface area contributed by atoms with E-state index in [1.54, 1.807) is 12.5 Å². The minimum atomic E-state index is 0.335. The molecule has 4 rings (SSSR count). The van der Waals surface area contributed by atoms with E-state index in [-0.39, 0.29) is 0 Å². The second-order valence-electron chi connectivity index (χ2n) is 6.33. The summed E-state index contributed by atoms with van der Waals surface area (Å²) in [6.45, 7) is 0.335. The van der Waals surface area contributed by atoms with Gasteiger partial charge < -0.3 is 9.40 Å². The van der Waals surface area contributed by atoms with Crippen molar-refractivity contribution in [2.24, 2.45) is 5.16 Å². The summed E-state index contributed by atoms with van der Waals surface area (Å²) in [5.41, 5.74) is 4.47. The number of para-hydroxylation sites is 1. The van der Waals surface area contributed by atoms with Gasteiger partial charge in [-0.1, -0.05) is 70.8 Å². The van der Waals surface area contributed by atoms with Gasteiger partial charge in [-0.2, -0.15) is 0 Å². The summed E-state index contributed by atoms with van der Waals surface area (Å²) in [6.07, 6.45) is 5.40. The molecule has 4 aromatic rings. The quantitative estimate of drug-likeness (QED) is 0.276. The molecule has 0 saturated heterocycles. The molecule has 0 aliphatic carbocycles. The highest BCUT2D eigenvalue weighted by atomic mass is 35.5. The summed E-state index contributed by atoms with van der Waals surface area (Å²) in [5, 5.41) is 5.84. The largest absolute Gasteiger partial charge is 0.390 e. The Kier molecular flexibility index (Phi) is 5.94. The fourth-order valence-electron chi connectivity index (χ4n) is 2.92. The van der Waals surface area contributed by atoms with Gasteiger partial charge in [-0.3, -0.25) is 0 Å². The molecule has 0 spiro atoms. The van der Waals surface area contributed by atoms with Crippen LogP contribution >= 0.6 is 23.2 Å². The number of rotatable bonds is 6. The summed E-state index contributed by atoms with van der Waals surface area (Å²) in [5.74, 6) is 0. The van der Waals surface area contributed by atoms with Crippen LogP contribution in [-0.4, -0.2) is 15.3 Å². The van der Waals surface area contributed by atoms with Gasteiger partial charge in [0.2, 0.25) is 0 Å². The first-order valence-electron chi connectivity index (χ1n) is 8.99. The fourth-order valence-corrected chi connectivity index (χ4v) is 3.17. The highest BCUT2D eigenvalue weighted by Gasteiger charge is 2.14. The maximum Gasteiger partial charge on any atom is 0.142 e. The lowest BCUT2D eigenvalue weighted by Gasteiger charge is -2.13. The van der Waals surface area contributed by atoms with Crippen molar-refractivity contribution in [1.29, 1.82) is 0 Å². The van der Waals surface area contributed by atoms with Gasteiger partial charge in [-0.25, -0.2) is 4.98 Å². The molecule has 0 N–H and O–H groups in total. The predicted octanol–water partition coefficient (Wildman–Crippen LogP) is 6.15. The smallest absolute Gasteiger partial charge is 0.142 e. The summed E-state index contributed by atoms with van der Waals surface area (Å²) in [4.78, 5) is 9.88. The second-order valence-corrected chi connectivity index (χ2v) is 7.21. The molecule has 0 unspecified atom stereocenters. The Morgan fingerprint density at radius 3 is 2.28 bits per heavy atom. The molecular formula is C23H17Cl2N3O. The van der Waals surface area contributed by atoms with E-state index >= 15 is 0 Å². The number of imidazole rings is 1. The fraction of sp³-hybridized carbons (Fsp3) is 0.0435. The summed E-state index contributed by atoms with van der Waals surface area (Å²) < 4.78 is 1.94. The molecule has 0 fully saturated rings. The molecule has 0 saturated carbocycles. The zero-order valence-corrected chi connectivity index (χ0v) is 16.9. The Labute approximate surface area is 179 Å². The molecule has 29 heavy (non-hydrogen) atoms. The Morgan fingerprint density at radius 1 is 0.897 bits per heavy atom.